The maximum Gasteiger partial charge on any atom is 0.247 e. The number of rotatable bonds is 13. The predicted octanol–water partition coefficient (Wildman–Crippen LogP) is -0.427. The van der Waals surface area contributed by atoms with E-state index in [4.69, 9.17) is 7.85 Å². The highest BCUT2D eigenvalue weighted by Gasteiger charge is 2.15. The lowest BCUT2D eigenvalue weighted by molar-refractivity contribution is -0.166. The number of unbranched alkanes of at least 4 members (excludes halogenated alkanes) is 3. The first-order chi connectivity index (χ1) is 12.4. The van der Waals surface area contributed by atoms with Gasteiger partial charge in [-0.1, -0.05) is 13.3 Å². The molecule has 0 aromatic heterocycles. The summed E-state index contributed by atoms with van der Waals surface area (Å²) >= 11 is 0. The first-order valence-electron chi connectivity index (χ1n) is 8.97. The normalized spacial score (nSPS) is 10.7. The molecule has 26 heavy (non-hydrogen) atoms. The molecule has 0 saturated carbocycles. The third-order valence-corrected chi connectivity index (χ3v) is 4.00. The first-order valence-corrected chi connectivity index (χ1v) is 8.97. The second kappa shape index (κ2) is 11.5. The predicted molar refractivity (Wildman–Crippen MR) is 99.7 cm³/mol. The number of carbonyl (C=O) groups is 2. The minimum atomic E-state index is -0.652. The van der Waals surface area contributed by atoms with E-state index >= 15 is 0 Å². The number of amides is 2. The summed E-state index contributed by atoms with van der Waals surface area (Å²) in [6.07, 6.45) is 3.90. The van der Waals surface area contributed by atoms with Gasteiger partial charge in [-0.15, -0.1) is 0 Å². The van der Waals surface area contributed by atoms with Gasteiger partial charge in [-0.3, -0.25) is 24.4 Å². The number of hydrogen-bond donors (Lipinski definition) is 3. The molecule has 0 unspecified atom stereocenters. The Morgan fingerprint density at radius 1 is 1.04 bits per heavy atom. The summed E-state index contributed by atoms with van der Waals surface area (Å²) in [5.74, 6) is -0.672. The maximum atomic E-state index is 11.7. The Morgan fingerprint density at radius 2 is 1.77 bits per heavy atom. The zero-order chi connectivity index (χ0) is 19.5. The standard InChI is InChI=1S/C17H26BN3O5/c1-2-3-9-19-12(22)7-8-13(23)21(26)11-6-4-5-10-20-15-14(18)16(24)17(15)25/h20,26H,2-11H2,1H3,(H,19,22). The van der Waals surface area contributed by atoms with Crippen LogP contribution in [0.25, 0.3) is 0 Å². The number of nitrogens with zero attached hydrogens (tertiary/aromatic N) is 1. The summed E-state index contributed by atoms with van der Waals surface area (Å²) in [6.45, 7) is 3.28. The van der Waals surface area contributed by atoms with Crippen LogP contribution in [-0.4, -0.2) is 49.6 Å². The molecule has 0 saturated heterocycles. The molecule has 9 heteroatoms. The molecule has 3 N–H and O–H groups in total. The summed E-state index contributed by atoms with van der Waals surface area (Å²) in [7, 11) is 5.40. The fourth-order valence-electron chi connectivity index (χ4n) is 2.33. The summed E-state index contributed by atoms with van der Waals surface area (Å²) in [5.41, 5.74) is -1.10. The van der Waals surface area contributed by atoms with Crippen molar-refractivity contribution in [2.45, 2.75) is 51.9 Å². The molecule has 0 aliphatic rings. The molecule has 0 fully saturated rings. The van der Waals surface area contributed by atoms with Gasteiger partial charge < -0.3 is 10.6 Å². The Morgan fingerprint density at radius 3 is 2.42 bits per heavy atom. The quantitative estimate of drug-likeness (QED) is 0.144. The topological polar surface area (TPSA) is 116 Å². The molecule has 1 aromatic rings. The van der Waals surface area contributed by atoms with E-state index < -0.39 is 16.8 Å². The summed E-state index contributed by atoms with van der Waals surface area (Å²) in [4.78, 5) is 45.4. The van der Waals surface area contributed by atoms with Crippen LogP contribution in [0.1, 0.15) is 51.9 Å². The third-order valence-electron chi connectivity index (χ3n) is 4.00. The van der Waals surface area contributed by atoms with Gasteiger partial charge >= 0.3 is 0 Å². The van der Waals surface area contributed by atoms with E-state index in [1.807, 2.05) is 6.92 Å². The van der Waals surface area contributed by atoms with Crippen LogP contribution in [0.3, 0.4) is 0 Å². The van der Waals surface area contributed by atoms with Crippen molar-refractivity contribution >= 4 is 30.8 Å². The van der Waals surface area contributed by atoms with Crippen LogP contribution >= 0.6 is 0 Å². The van der Waals surface area contributed by atoms with Crippen LogP contribution in [-0.2, 0) is 9.59 Å². The highest BCUT2D eigenvalue weighted by molar-refractivity contribution is 6.36. The van der Waals surface area contributed by atoms with Crippen molar-refractivity contribution in [3.05, 3.63) is 20.4 Å². The van der Waals surface area contributed by atoms with Gasteiger partial charge in [0, 0.05) is 32.5 Å². The Bertz CT molecular complexity index is 670. The molecule has 8 nitrogen and oxygen atoms in total. The first kappa shape index (κ1) is 21.9. The lowest BCUT2D eigenvalue weighted by Gasteiger charge is -2.15. The number of hydrogen-bond acceptors (Lipinski definition) is 6. The van der Waals surface area contributed by atoms with Crippen LogP contribution in [0.5, 0.6) is 0 Å². The SMILES string of the molecule is [B]c1c(NCCCCCN(O)C(=O)CCC(=O)NCCCC)c(=O)c1=O. The van der Waals surface area contributed by atoms with Crippen molar-refractivity contribution in [2.24, 2.45) is 0 Å². The summed E-state index contributed by atoms with van der Waals surface area (Å²) in [5, 5.41) is 15.8. The van der Waals surface area contributed by atoms with E-state index in [9.17, 15) is 24.4 Å². The molecule has 0 aliphatic carbocycles. The van der Waals surface area contributed by atoms with E-state index in [0.29, 0.717) is 37.4 Å². The maximum absolute atomic E-state index is 11.7. The van der Waals surface area contributed by atoms with Crippen LogP contribution in [0.2, 0.25) is 0 Å². The van der Waals surface area contributed by atoms with Crippen molar-refractivity contribution < 1.29 is 14.8 Å². The van der Waals surface area contributed by atoms with E-state index in [2.05, 4.69) is 10.6 Å². The lowest BCUT2D eigenvalue weighted by atomic mass is 9.89. The molecule has 0 spiro atoms. The molecule has 0 atom stereocenters. The second-order valence-corrected chi connectivity index (χ2v) is 6.15. The highest BCUT2D eigenvalue weighted by atomic mass is 16.5. The highest BCUT2D eigenvalue weighted by Crippen LogP contribution is 2.02. The second-order valence-electron chi connectivity index (χ2n) is 6.15. The van der Waals surface area contributed by atoms with Crippen molar-refractivity contribution in [3.8, 4) is 0 Å². The van der Waals surface area contributed by atoms with Gasteiger partial charge in [-0.2, -0.15) is 0 Å². The molecule has 1 aromatic carbocycles. The molecular formula is C17H26BN3O5. The van der Waals surface area contributed by atoms with E-state index in [1.54, 1.807) is 0 Å². The lowest BCUT2D eigenvalue weighted by Crippen LogP contribution is -2.49. The van der Waals surface area contributed by atoms with E-state index in [0.717, 1.165) is 12.8 Å². The van der Waals surface area contributed by atoms with Gasteiger partial charge in [0.1, 0.15) is 7.85 Å². The van der Waals surface area contributed by atoms with E-state index in [-0.39, 0.29) is 36.4 Å². The van der Waals surface area contributed by atoms with Crippen molar-refractivity contribution in [2.75, 3.05) is 25.0 Å². The van der Waals surface area contributed by atoms with Crippen molar-refractivity contribution in [1.29, 1.82) is 0 Å². The Labute approximate surface area is 154 Å². The van der Waals surface area contributed by atoms with Crippen LogP contribution in [0.4, 0.5) is 5.69 Å². The van der Waals surface area contributed by atoms with Gasteiger partial charge in [0.25, 0.3) is 0 Å². The molecule has 2 radical (unpaired) electrons. The van der Waals surface area contributed by atoms with Gasteiger partial charge in [0.15, 0.2) is 0 Å². The van der Waals surface area contributed by atoms with Crippen LogP contribution in [0, 0.1) is 0 Å². The zero-order valence-electron chi connectivity index (χ0n) is 15.2. The largest absolute Gasteiger partial charge is 0.382 e. The van der Waals surface area contributed by atoms with Gasteiger partial charge in [-0.25, -0.2) is 5.06 Å². The molecule has 142 valence electrons. The number of hydroxylamine groups is 2. The fraction of sp³-hybridized carbons (Fsp3) is 0.647. The smallest absolute Gasteiger partial charge is 0.247 e. The van der Waals surface area contributed by atoms with Gasteiger partial charge in [-0.05, 0) is 31.1 Å². The number of nitrogens with one attached hydrogen (secondary N) is 2. The van der Waals surface area contributed by atoms with Crippen molar-refractivity contribution in [1.82, 2.24) is 10.4 Å². The number of anilines is 1. The third kappa shape index (κ3) is 6.99. The minimum Gasteiger partial charge on any atom is -0.382 e. The molecule has 0 heterocycles. The molecule has 0 aliphatic heterocycles. The average molecular weight is 363 g/mol. The van der Waals surface area contributed by atoms with E-state index in [1.165, 1.54) is 0 Å². The molecule has 1 rings (SSSR count). The Balaban J connectivity index is 2.07. The van der Waals surface area contributed by atoms with Crippen molar-refractivity contribution in [3.63, 3.8) is 0 Å². The Hall–Kier alpha value is -2.16. The monoisotopic (exact) mass is 363 g/mol. The summed E-state index contributed by atoms with van der Waals surface area (Å²) in [6, 6.07) is 0. The number of carbonyl (C=O) groups excluding carboxylic acids is 2. The zero-order valence-corrected chi connectivity index (χ0v) is 15.2. The Kier molecular flexibility index (Phi) is 9.65. The summed E-state index contributed by atoms with van der Waals surface area (Å²) < 4.78 is 0. The van der Waals surface area contributed by atoms with Gasteiger partial charge in [0.05, 0.1) is 5.69 Å². The van der Waals surface area contributed by atoms with Crippen LogP contribution in [0.15, 0.2) is 9.59 Å². The average Bonchev–Trinajstić information content (AvgIpc) is 2.64. The van der Waals surface area contributed by atoms with Gasteiger partial charge in [0.2, 0.25) is 22.7 Å². The fourth-order valence-corrected chi connectivity index (χ4v) is 2.33. The molecular weight excluding hydrogens is 337 g/mol. The van der Waals surface area contributed by atoms with Crippen LogP contribution < -0.4 is 27.0 Å². The molecule has 0 bridgehead atoms. The molecule has 2 amide bonds. The minimum absolute atomic E-state index is 0.0270.